The first-order valence-electron chi connectivity index (χ1n) is 3.32. The van der Waals surface area contributed by atoms with E-state index in [0.29, 0.717) is 5.41 Å². The summed E-state index contributed by atoms with van der Waals surface area (Å²) in [5.74, 6) is 0. The van der Waals surface area contributed by atoms with Gasteiger partial charge in [0.25, 0.3) is 0 Å². The Balaban J connectivity index is 2.59. The van der Waals surface area contributed by atoms with Crippen LogP contribution in [-0.4, -0.2) is 0 Å². The van der Waals surface area contributed by atoms with E-state index in [1.54, 1.807) is 5.57 Å². The highest BCUT2D eigenvalue weighted by molar-refractivity contribution is 5.16. The van der Waals surface area contributed by atoms with Crippen molar-refractivity contribution in [2.45, 2.75) is 33.6 Å². The average Bonchev–Trinajstić information content (AvgIpc) is 2.47. The summed E-state index contributed by atoms with van der Waals surface area (Å²) < 4.78 is 0. The molecule has 1 saturated carbocycles. The Kier molecular flexibility index (Phi) is 1.18. The molecule has 0 aromatic carbocycles. The van der Waals surface area contributed by atoms with Gasteiger partial charge in [0.1, 0.15) is 0 Å². The van der Waals surface area contributed by atoms with Gasteiger partial charge < -0.3 is 0 Å². The molecular weight excluding hydrogens is 96.1 g/mol. The average molecular weight is 110 g/mol. The van der Waals surface area contributed by atoms with E-state index in [1.807, 2.05) is 0 Å². The third-order valence-electron chi connectivity index (χ3n) is 2.39. The van der Waals surface area contributed by atoms with E-state index in [-0.39, 0.29) is 0 Å². The van der Waals surface area contributed by atoms with Crippen molar-refractivity contribution in [1.29, 1.82) is 0 Å². The second-order valence-electron chi connectivity index (χ2n) is 3.03. The third-order valence-corrected chi connectivity index (χ3v) is 2.39. The Hall–Kier alpha value is -0.260. The molecule has 1 aliphatic rings. The van der Waals surface area contributed by atoms with E-state index in [4.69, 9.17) is 0 Å². The molecule has 0 saturated heterocycles. The predicted octanol–water partition coefficient (Wildman–Crippen LogP) is 2.75. The smallest absolute Gasteiger partial charge is 0.0119 e. The molecule has 0 amide bonds. The third kappa shape index (κ3) is 0.795. The van der Waals surface area contributed by atoms with Crippen LogP contribution in [0.15, 0.2) is 11.6 Å². The number of hydrogen-bond donors (Lipinski definition) is 0. The fourth-order valence-corrected chi connectivity index (χ4v) is 0.930. The first-order valence-corrected chi connectivity index (χ1v) is 3.32. The van der Waals surface area contributed by atoms with Crippen molar-refractivity contribution >= 4 is 0 Å². The molecule has 0 heteroatoms. The van der Waals surface area contributed by atoms with E-state index >= 15 is 0 Å². The van der Waals surface area contributed by atoms with Gasteiger partial charge in [-0.05, 0) is 32.1 Å². The lowest BCUT2D eigenvalue weighted by molar-refractivity contribution is 0.687. The molecule has 0 spiro atoms. The predicted molar refractivity (Wildman–Crippen MR) is 36.8 cm³/mol. The maximum absolute atomic E-state index is 2.34. The molecule has 0 aromatic heterocycles. The van der Waals surface area contributed by atoms with E-state index in [1.165, 1.54) is 12.8 Å². The van der Waals surface area contributed by atoms with Crippen molar-refractivity contribution in [2.75, 3.05) is 0 Å². The Bertz CT molecular complexity index is 116. The minimum atomic E-state index is 0.620. The Morgan fingerprint density at radius 1 is 1.50 bits per heavy atom. The summed E-state index contributed by atoms with van der Waals surface area (Å²) >= 11 is 0. The van der Waals surface area contributed by atoms with Gasteiger partial charge in [-0.15, -0.1) is 0 Å². The first-order chi connectivity index (χ1) is 3.69. The van der Waals surface area contributed by atoms with Gasteiger partial charge in [-0.3, -0.25) is 0 Å². The topological polar surface area (TPSA) is 0 Å². The number of allylic oxidation sites excluding steroid dienone is 2. The van der Waals surface area contributed by atoms with Gasteiger partial charge in [-0.25, -0.2) is 0 Å². The molecule has 46 valence electrons. The van der Waals surface area contributed by atoms with Crippen LogP contribution in [0.25, 0.3) is 0 Å². The first kappa shape index (κ1) is 5.87. The van der Waals surface area contributed by atoms with Crippen LogP contribution in [0.1, 0.15) is 33.6 Å². The molecular formula is C8H14. The van der Waals surface area contributed by atoms with E-state index < -0.39 is 0 Å². The summed E-state index contributed by atoms with van der Waals surface area (Å²) in [7, 11) is 0. The van der Waals surface area contributed by atoms with Crippen LogP contribution in [0.2, 0.25) is 0 Å². The van der Waals surface area contributed by atoms with E-state index in [9.17, 15) is 0 Å². The minimum Gasteiger partial charge on any atom is -0.0882 e. The van der Waals surface area contributed by atoms with Crippen molar-refractivity contribution in [1.82, 2.24) is 0 Å². The Morgan fingerprint density at radius 3 is 2.12 bits per heavy atom. The zero-order valence-corrected chi connectivity index (χ0v) is 5.99. The fourth-order valence-electron chi connectivity index (χ4n) is 0.930. The maximum atomic E-state index is 2.34. The maximum Gasteiger partial charge on any atom is -0.0119 e. The van der Waals surface area contributed by atoms with Gasteiger partial charge in [-0.2, -0.15) is 0 Å². The molecule has 8 heavy (non-hydrogen) atoms. The second kappa shape index (κ2) is 1.61. The van der Waals surface area contributed by atoms with Gasteiger partial charge in [0.2, 0.25) is 0 Å². The molecule has 0 nitrogen and oxygen atoms in total. The lowest BCUT2D eigenvalue weighted by Gasteiger charge is -2.05. The van der Waals surface area contributed by atoms with Gasteiger partial charge in [0, 0.05) is 0 Å². The zero-order valence-electron chi connectivity index (χ0n) is 5.99. The van der Waals surface area contributed by atoms with Gasteiger partial charge in [0.15, 0.2) is 0 Å². The molecule has 0 aliphatic heterocycles. The van der Waals surface area contributed by atoms with Crippen molar-refractivity contribution in [3.63, 3.8) is 0 Å². The van der Waals surface area contributed by atoms with Crippen LogP contribution in [0.5, 0.6) is 0 Å². The molecule has 0 atom stereocenters. The summed E-state index contributed by atoms with van der Waals surface area (Å²) in [6, 6.07) is 0. The van der Waals surface area contributed by atoms with Crippen molar-refractivity contribution in [3.05, 3.63) is 11.6 Å². The normalized spacial score (nSPS) is 25.6. The zero-order chi connectivity index (χ0) is 6.20. The number of rotatable bonds is 1. The van der Waals surface area contributed by atoms with Gasteiger partial charge in [0.05, 0.1) is 0 Å². The Morgan fingerprint density at radius 2 is 2.00 bits per heavy atom. The van der Waals surface area contributed by atoms with E-state index in [2.05, 4.69) is 26.8 Å². The lowest BCUT2D eigenvalue weighted by atomic mass is 10.0. The Labute approximate surface area is 51.6 Å². The van der Waals surface area contributed by atoms with Gasteiger partial charge >= 0.3 is 0 Å². The molecule has 0 N–H and O–H groups in total. The lowest BCUT2D eigenvalue weighted by Crippen LogP contribution is -1.92. The highest BCUT2D eigenvalue weighted by Gasteiger charge is 2.37. The van der Waals surface area contributed by atoms with Crippen LogP contribution < -0.4 is 0 Å². The van der Waals surface area contributed by atoms with Crippen molar-refractivity contribution < 1.29 is 0 Å². The van der Waals surface area contributed by atoms with Crippen LogP contribution in [-0.2, 0) is 0 Å². The summed E-state index contributed by atoms with van der Waals surface area (Å²) in [4.78, 5) is 0. The molecule has 0 aromatic rings. The second-order valence-corrected chi connectivity index (χ2v) is 3.03. The fraction of sp³-hybridized carbons (Fsp3) is 0.750. The molecule has 0 radical (unpaired) electrons. The highest BCUT2D eigenvalue weighted by Crippen LogP contribution is 2.50. The summed E-state index contributed by atoms with van der Waals surface area (Å²) in [5.41, 5.74) is 2.19. The molecule has 1 aliphatic carbocycles. The van der Waals surface area contributed by atoms with Crippen LogP contribution in [0.3, 0.4) is 0 Å². The highest BCUT2D eigenvalue weighted by atomic mass is 14.4. The summed E-state index contributed by atoms with van der Waals surface area (Å²) in [6.45, 7) is 6.69. The van der Waals surface area contributed by atoms with E-state index in [0.717, 1.165) is 0 Å². The van der Waals surface area contributed by atoms with Crippen molar-refractivity contribution in [2.24, 2.45) is 5.41 Å². The molecule has 0 bridgehead atoms. The monoisotopic (exact) mass is 110 g/mol. The quantitative estimate of drug-likeness (QED) is 0.455. The van der Waals surface area contributed by atoms with Crippen LogP contribution in [0.4, 0.5) is 0 Å². The van der Waals surface area contributed by atoms with Crippen LogP contribution in [0, 0.1) is 5.41 Å². The summed E-state index contributed by atoms with van der Waals surface area (Å²) in [5, 5.41) is 0. The van der Waals surface area contributed by atoms with Crippen LogP contribution >= 0.6 is 0 Å². The largest absolute Gasteiger partial charge is 0.0882 e. The van der Waals surface area contributed by atoms with Crippen molar-refractivity contribution in [3.8, 4) is 0 Å². The molecule has 0 heterocycles. The molecule has 0 unspecified atom stereocenters. The molecule has 1 fully saturated rings. The number of hydrogen-bond acceptors (Lipinski definition) is 0. The summed E-state index contributed by atoms with van der Waals surface area (Å²) in [6.07, 6.45) is 5.04. The molecule has 1 rings (SSSR count). The minimum absolute atomic E-state index is 0.620. The van der Waals surface area contributed by atoms with Gasteiger partial charge in [-0.1, -0.05) is 18.6 Å². The SMILES string of the molecule is C/C=C(/C)C1(C)CC1. The standard InChI is InChI=1S/C8H14/c1-4-7(2)8(3)5-6-8/h4H,5-6H2,1-3H3/b7-4-.